The summed E-state index contributed by atoms with van der Waals surface area (Å²) in [6.07, 6.45) is 2.89. The molecule has 0 bridgehead atoms. The van der Waals surface area contributed by atoms with Gasteiger partial charge in [0.15, 0.2) is 5.82 Å². The number of carbonyl (C=O) groups excluding carboxylic acids is 1. The Balaban J connectivity index is 1.52. The molecule has 3 rings (SSSR count). The molecule has 1 aliphatic rings. The largest absolute Gasteiger partial charge is 0.339 e. The van der Waals surface area contributed by atoms with Crippen molar-refractivity contribution in [3.8, 4) is 0 Å². The van der Waals surface area contributed by atoms with Crippen molar-refractivity contribution in [3.63, 3.8) is 0 Å². The fourth-order valence-electron chi connectivity index (χ4n) is 3.05. The van der Waals surface area contributed by atoms with Crippen LogP contribution in [0.25, 0.3) is 0 Å². The second-order valence-electron chi connectivity index (χ2n) is 7.43. The predicted molar refractivity (Wildman–Crippen MR) is 94.1 cm³/mol. The summed E-state index contributed by atoms with van der Waals surface area (Å²) in [5, 5.41) is 6.15. The molecule has 0 N–H and O–H groups in total. The third kappa shape index (κ3) is 3.53. The molecule has 5 nitrogen and oxygen atoms in total. The minimum Gasteiger partial charge on any atom is -0.339 e. The van der Waals surface area contributed by atoms with Crippen LogP contribution in [0.4, 0.5) is 0 Å². The van der Waals surface area contributed by atoms with Crippen LogP contribution in [0.3, 0.4) is 0 Å². The van der Waals surface area contributed by atoms with Crippen molar-refractivity contribution < 1.29 is 9.32 Å². The van der Waals surface area contributed by atoms with E-state index in [0.717, 1.165) is 25.2 Å². The Kier molecular flexibility index (Phi) is 4.76. The van der Waals surface area contributed by atoms with Crippen molar-refractivity contribution in [3.05, 3.63) is 33.6 Å². The van der Waals surface area contributed by atoms with Crippen molar-refractivity contribution in [2.24, 2.45) is 0 Å². The number of aromatic nitrogens is 2. The fourth-order valence-corrected chi connectivity index (χ4v) is 4.01. The van der Waals surface area contributed by atoms with Gasteiger partial charge in [-0.3, -0.25) is 4.79 Å². The van der Waals surface area contributed by atoms with Crippen LogP contribution in [-0.4, -0.2) is 27.5 Å². The number of rotatable bonds is 4. The lowest BCUT2D eigenvalue weighted by Crippen LogP contribution is -2.38. The van der Waals surface area contributed by atoms with E-state index in [1.807, 2.05) is 4.90 Å². The molecular formula is C18H25N3O2S. The Morgan fingerprint density at radius 2 is 2.25 bits per heavy atom. The van der Waals surface area contributed by atoms with E-state index in [-0.39, 0.29) is 17.4 Å². The molecule has 0 fully saturated rings. The molecule has 130 valence electrons. The zero-order valence-corrected chi connectivity index (χ0v) is 15.7. The highest BCUT2D eigenvalue weighted by Gasteiger charge is 2.28. The minimum absolute atomic E-state index is 0.112. The van der Waals surface area contributed by atoms with Crippen LogP contribution in [-0.2, 0) is 23.1 Å². The SMILES string of the molecule is C[C@H]1c2ccsc2CCN1C(=O)CCCc1nc(C(C)(C)C)no1. The van der Waals surface area contributed by atoms with Gasteiger partial charge in [0.2, 0.25) is 11.8 Å². The molecule has 1 aliphatic heterocycles. The van der Waals surface area contributed by atoms with E-state index >= 15 is 0 Å². The molecule has 0 radical (unpaired) electrons. The van der Waals surface area contributed by atoms with Crippen molar-refractivity contribution in [1.29, 1.82) is 0 Å². The molecule has 2 aromatic heterocycles. The van der Waals surface area contributed by atoms with Gasteiger partial charge in [0.25, 0.3) is 0 Å². The molecule has 0 unspecified atom stereocenters. The molecule has 0 aliphatic carbocycles. The van der Waals surface area contributed by atoms with E-state index < -0.39 is 0 Å². The molecule has 2 aromatic rings. The monoisotopic (exact) mass is 347 g/mol. The van der Waals surface area contributed by atoms with Gasteiger partial charge >= 0.3 is 0 Å². The average Bonchev–Trinajstić information content (AvgIpc) is 3.15. The van der Waals surface area contributed by atoms with Gasteiger partial charge in [-0.15, -0.1) is 11.3 Å². The fraction of sp³-hybridized carbons (Fsp3) is 0.611. The van der Waals surface area contributed by atoms with Crippen LogP contribution in [0.1, 0.15) is 68.7 Å². The highest BCUT2D eigenvalue weighted by Crippen LogP contribution is 2.33. The normalized spacial score (nSPS) is 17.8. The lowest BCUT2D eigenvalue weighted by atomic mass is 9.96. The first-order valence-corrected chi connectivity index (χ1v) is 9.43. The molecular weight excluding hydrogens is 322 g/mol. The second kappa shape index (κ2) is 6.67. The molecule has 6 heteroatoms. The van der Waals surface area contributed by atoms with Gasteiger partial charge in [-0.2, -0.15) is 4.98 Å². The smallest absolute Gasteiger partial charge is 0.226 e. The minimum atomic E-state index is -0.112. The summed E-state index contributed by atoms with van der Waals surface area (Å²) in [4.78, 5) is 20.4. The predicted octanol–water partition coefficient (Wildman–Crippen LogP) is 3.90. The van der Waals surface area contributed by atoms with Gasteiger partial charge in [0, 0.05) is 29.7 Å². The number of carbonyl (C=O) groups is 1. The summed E-state index contributed by atoms with van der Waals surface area (Å²) >= 11 is 1.80. The molecule has 1 amide bonds. The number of aryl methyl sites for hydroxylation is 1. The van der Waals surface area contributed by atoms with Gasteiger partial charge in [0.1, 0.15) is 0 Å². The van der Waals surface area contributed by atoms with Crippen LogP contribution in [0.5, 0.6) is 0 Å². The van der Waals surface area contributed by atoms with E-state index in [0.29, 0.717) is 18.7 Å². The Morgan fingerprint density at radius 3 is 2.96 bits per heavy atom. The highest BCUT2D eigenvalue weighted by atomic mass is 32.1. The average molecular weight is 347 g/mol. The van der Waals surface area contributed by atoms with E-state index in [4.69, 9.17) is 4.52 Å². The highest BCUT2D eigenvalue weighted by molar-refractivity contribution is 7.10. The topological polar surface area (TPSA) is 59.2 Å². The molecule has 24 heavy (non-hydrogen) atoms. The van der Waals surface area contributed by atoms with Crippen molar-refractivity contribution >= 4 is 17.2 Å². The summed E-state index contributed by atoms with van der Waals surface area (Å²) in [6.45, 7) is 9.11. The van der Waals surface area contributed by atoms with E-state index in [2.05, 4.69) is 49.3 Å². The summed E-state index contributed by atoms with van der Waals surface area (Å²) in [7, 11) is 0. The molecule has 0 saturated heterocycles. The van der Waals surface area contributed by atoms with Crippen LogP contribution >= 0.6 is 11.3 Å². The third-order valence-corrected chi connectivity index (χ3v) is 5.51. The van der Waals surface area contributed by atoms with Crippen LogP contribution < -0.4 is 0 Å². The van der Waals surface area contributed by atoms with Gasteiger partial charge in [-0.1, -0.05) is 25.9 Å². The van der Waals surface area contributed by atoms with Gasteiger partial charge in [0.05, 0.1) is 6.04 Å². The van der Waals surface area contributed by atoms with Crippen molar-refractivity contribution in [1.82, 2.24) is 15.0 Å². The molecule has 0 aromatic carbocycles. The number of fused-ring (bicyclic) bond motifs is 1. The van der Waals surface area contributed by atoms with Crippen LogP contribution in [0.15, 0.2) is 16.0 Å². The summed E-state index contributed by atoms with van der Waals surface area (Å²) in [5.41, 5.74) is 1.20. The summed E-state index contributed by atoms with van der Waals surface area (Å²) in [5.74, 6) is 1.56. The zero-order valence-electron chi connectivity index (χ0n) is 14.8. The number of amides is 1. The number of thiophene rings is 1. The van der Waals surface area contributed by atoms with Crippen molar-refractivity contribution in [2.75, 3.05) is 6.54 Å². The second-order valence-corrected chi connectivity index (χ2v) is 8.43. The third-order valence-electron chi connectivity index (χ3n) is 4.52. The van der Waals surface area contributed by atoms with Crippen LogP contribution in [0.2, 0.25) is 0 Å². The Morgan fingerprint density at radius 1 is 1.46 bits per heavy atom. The van der Waals surface area contributed by atoms with E-state index in [1.165, 1.54) is 10.4 Å². The maximum Gasteiger partial charge on any atom is 0.226 e. The lowest BCUT2D eigenvalue weighted by Gasteiger charge is -2.33. The Labute approximate surface area is 147 Å². The van der Waals surface area contributed by atoms with Crippen molar-refractivity contribution in [2.45, 2.75) is 64.8 Å². The summed E-state index contributed by atoms with van der Waals surface area (Å²) in [6, 6.07) is 2.33. The quantitative estimate of drug-likeness (QED) is 0.842. The van der Waals surface area contributed by atoms with Gasteiger partial charge in [-0.25, -0.2) is 0 Å². The molecule has 1 atom stereocenters. The maximum atomic E-state index is 12.6. The first-order valence-electron chi connectivity index (χ1n) is 8.55. The standard InChI is InChI=1S/C18H25N3O2S/c1-12-13-9-11-24-14(13)8-10-21(12)16(22)7-5-6-15-19-17(20-23-15)18(2,3)4/h9,11-12H,5-8,10H2,1-4H3/t12-/m0/s1. The Hall–Kier alpha value is -1.69. The Bertz CT molecular complexity index is 714. The first kappa shape index (κ1) is 17.1. The van der Waals surface area contributed by atoms with Gasteiger partial charge in [-0.05, 0) is 36.8 Å². The zero-order chi connectivity index (χ0) is 17.3. The number of hydrogen-bond acceptors (Lipinski definition) is 5. The first-order chi connectivity index (χ1) is 11.4. The number of nitrogens with zero attached hydrogens (tertiary/aromatic N) is 3. The van der Waals surface area contributed by atoms with E-state index in [1.54, 1.807) is 11.3 Å². The number of hydrogen-bond donors (Lipinski definition) is 0. The molecule has 3 heterocycles. The summed E-state index contributed by atoms with van der Waals surface area (Å²) < 4.78 is 5.29. The van der Waals surface area contributed by atoms with Crippen LogP contribution in [0, 0.1) is 0 Å². The van der Waals surface area contributed by atoms with E-state index in [9.17, 15) is 4.79 Å². The maximum absolute atomic E-state index is 12.6. The van der Waals surface area contributed by atoms with Gasteiger partial charge < -0.3 is 9.42 Å². The lowest BCUT2D eigenvalue weighted by molar-refractivity contribution is -0.133. The molecule has 0 spiro atoms. The molecule has 0 saturated carbocycles.